The highest BCUT2D eigenvalue weighted by molar-refractivity contribution is 6.20. The van der Waals surface area contributed by atoms with Crippen LogP contribution in [0, 0.1) is 11.6 Å². The molecule has 5 rings (SSSR count). The smallest absolute Gasteiger partial charge is 0.254 e. The zero-order valence-electron chi connectivity index (χ0n) is 18.1. The molecule has 4 N–H and O–H groups in total. The second-order valence-corrected chi connectivity index (χ2v) is 8.37. The van der Waals surface area contributed by atoms with E-state index in [1.54, 1.807) is 24.4 Å². The molecule has 1 aliphatic carbocycles. The summed E-state index contributed by atoms with van der Waals surface area (Å²) < 4.78 is 31.2. The van der Waals surface area contributed by atoms with Gasteiger partial charge in [0.1, 0.15) is 35.0 Å². The first-order valence-corrected chi connectivity index (χ1v) is 10.9. The number of aromatic nitrogens is 3. The van der Waals surface area contributed by atoms with Crippen molar-refractivity contribution in [2.75, 3.05) is 5.73 Å². The topological polar surface area (TPSA) is 117 Å². The summed E-state index contributed by atoms with van der Waals surface area (Å²) in [6, 6.07) is 8.68. The van der Waals surface area contributed by atoms with Crippen LogP contribution in [0.2, 0.25) is 0 Å². The predicted molar refractivity (Wildman–Crippen MR) is 123 cm³/mol. The van der Waals surface area contributed by atoms with Gasteiger partial charge in [0, 0.05) is 23.4 Å². The van der Waals surface area contributed by atoms with Crippen molar-refractivity contribution in [3.05, 3.63) is 77.2 Å². The van der Waals surface area contributed by atoms with Crippen molar-refractivity contribution in [2.45, 2.75) is 31.7 Å². The maximum Gasteiger partial charge on any atom is 0.254 e. The number of hydrogen-bond acceptors (Lipinski definition) is 5. The van der Waals surface area contributed by atoms with Gasteiger partial charge in [-0.1, -0.05) is 37.1 Å². The number of nitrogens with two attached hydrogens (primary N) is 2. The Morgan fingerprint density at radius 3 is 2.44 bits per heavy atom. The van der Waals surface area contributed by atoms with Crippen LogP contribution < -0.4 is 11.5 Å². The lowest BCUT2D eigenvalue weighted by Crippen LogP contribution is -2.16. The van der Waals surface area contributed by atoms with E-state index in [4.69, 9.17) is 11.5 Å². The number of carbonyl (C=O) groups excluding carboxylic acids is 2. The minimum absolute atomic E-state index is 0.108. The molecule has 1 aliphatic rings. The van der Waals surface area contributed by atoms with Crippen LogP contribution >= 0.6 is 0 Å². The lowest BCUT2D eigenvalue weighted by Gasteiger charge is -2.12. The van der Waals surface area contributed by atoms with Crippen LogP contribution in [-0.2, 0) is 0 Å². The van der Waals surface area contributed by atoms with Crippen molar-refractivity contribution in [3.63, 3.8) is 0 Å². The minimum Gasteiger partial charge on any atom is -0.383 e. The van der Waals surface area contributed by atoms with Gasteiger partial charge in [-0.25, -0.2) is 18.7 Å². The fourth-order valence-electron chi connectivity index (χ4n) is 4.79. The first-order valence-electron chi connectivity index (χ1n) is 10.9. The Hall–Kier alpha value is -4.14. The molecule has 0 spiro atoms. The number of ketones is 1. The Morgan fingerprint density at radius 2 is 1.71 bits per heavy atom. The number of carbonyl (C=O) groups is 2. The predicted octanol–water partition coefficient (Wildman–Crippen LogP) is 4.40. The number of nitrogens with zero attached hydrogens (tertiary/aromatic N) is 3. The van der Waals surface area contributed by atoms with Crippen LogP contribution in [0.3, 0.4) is 0 Å². The highest BCUT2D eigenvalue weighted by Gasteiger charge is 2.28. The van der Waals surface area contributed by atoms with Gasteiger partial charge in [-0.15, -0.1) is 0 Å². The van der Waals surface area contributed by atoms with Crippen LogP contribution in [0.1, 0.15) is 58.0 Å². The van der Waals surface area contributed by atoms with E-state index in [9.17, 15) is 14.0 Å². The molecule has 1 fully saturated rings. The van der Waals surface area contributed by atoms with Crippen LogP contribution in [0.15, 0.2) is 48.9 Å². The van der Waals surface area contributed by atoms with E-state index >= 15 is 4.39 Å². The van der Waals surface area contributed by atoms with Crippen molar-refractivity contribution in [1.29, 1.82) is 0 Å². The molecule has 2 aromatic heterocycles. The summed E-state index contributed by atoms with van der Waals surface area (Å²) in [5.41, 5.74) is 11.6. The molecule has 4 aromatic rings. The monoisotopic (exact) mass is 461 g/mol. The van der Waals surface area contributed by atoms with Crippen molar-refractivity contribution in [2.24, 2.45) is 5.73 Å². The van der Waals surface area contributed by atoms with Gasteiger partial charge in [0.25, 0.3) is 5.91 Å². The van der Waals surface area contributed by atoms with E-state index in [-0.39, 0.29) is 28.6 Å². The minimum atomic E-state index is -1.23. The number of anilines is 1. The number of fused-ring (bicyclic) bond motifs is 1. The van der Waals surface area contributed by atoms with Crippen LogP contribution in [-0.4, -0.2) is 26.2 Å². The molecule has 7 nitrogen and oxygen atoms in total. The van der Waals surface area contributed by atoms with E-state index in [2.05, 4.69) is 9.97 Å². The first kappa shape index (κ1) is 21.7. The van der Waals surface area contributed by atoms with Gasteiger partial charge in [-0.2, -0.15) is 0 Å². The summed E-state index contributed by atoms with van der Waals surface area (Å²) in [6.07, 6.45) is 7.21. The molecule has 1 amide bonds. The Bertz CT molecular complexity index is 1460. The van der Waals surface area contributed by atoms with Gasteiger partial charge >= 0.3 is 0 Å². The number of halogens is 2. The fraction of sp³-hybridized carbons (Fsp3) is 0.200. The standard InChI is InChI=1S/C25H21F2N5O2/c26-18-10-9-15(21(27)20(18)24(29)34)14-7-3-4-8-16(14)22(33)17-11-32(13-5-1-2-6-13)25-19(17)23(28)30-12-31-25/h3-4,7-13H,1-2,5-6H2,(H2,29,34)(H2,28,30,31). The quantitative estimate of drug-likeness (QED) is 0.427. The van der Waals surface area contributed by atoms with E-state index < -0.39 is 28.9 Å². The van der Waals surface area contributed by atoms with Crippen LogP contribution in [0.25, 0.3) is 22.2 Å². The highest BCUT2D eigenvalue weighted by Crippen LogP contribution is 2.37. The van der Waals surface area contributed by atoms with Crippen molar-refractivity contribution in [3.8, 4) is 11.1 Å². The maximum atomic E-state index is 15.1. The van der Waals surface area contributed by atoms with Gasteiger partial charge in [0.05, 0.1) is 10.9 Å². The van der Waals surface area contributed by atoms with Crippen molar-refractivity contribution in [1.82, 2.24) is 14.5 Å². The van der Waals surface area contributed by atoms with E-state index in [1.807, 2.05) is 4.57 Å². The summed E-state index contributed by atoms with van der Waals surface area (Å²) in [5.74, 6) is -3.66. The number of hydrogen-bond donors (Lipinski definition) is 2. The molecule has 9 heteroatoms. The Morgan fingerprint density at radius 1 is 0.971 bits per heavy atom. The van der Waals surface area contributed by atoms with E-state index in [0.29, 0.717) is 16.6 Å². The summed E-state index contributed by atoms with van der Waals surface area (Å²) in [6.45, 7) is 0. The molecule has 0 unspecified atom stereocenters. The SMILES string of the molecule is NC(=O)c1c(F)ccc(-c2ccccc2C(=O)c2cn(C3CCCC3)c3ncnc(N)c23)c1F. The van der Waals surface area contributed by atoms with E-state index in [1.165, 1.54) is 18.5 Å². The van der Waals surface area contributed by atoms with Gasteiger partial charge in [-0.3, -0.25) is 9.59 Å². The summed E-state index contributed by atoms with van der Waals surface area (Å²) in [5, 5.41) is 0.437. The van der Waals surface area contributed by atoms with Crippen molar-refractivity contribution < 1.29 is 18.4 Å². The number of benzene rings is 2. The highest BCUT2D eigenvalue weighted by atomic mass is 19.1. The first-order chi connectivity index (χ1) is 16.4. The normalized spacial score (nSPS) is 14.1. The van der Waals surface area contributed by atoms with Gasteiger partial charge in [-0.05, 0) is 30.5 Å². The lowest BCUT2D eigenvalue weighted by molar-refractivity contribution is 0.0991. The van der Waals surface area contributed by atoms with Crippen molar-refractivity contribution >= 4 is 28.5 Å². The number of rotatable bonds is 5. The summed E-state index contributed by atoms with van der Waals surface area (Å²) in [4.78, 5) is 33.9. The molecular formula is C25H21F2N5O2. The third kappa shape index (κ3) is 3.40. The molecule has 2 aromatic carbocycles. The molecule has 34 heavy (non-hydrogen) atoms. The Kier molecular flexibility index (Phi) is 5.31. The second-order valence-electron chi connectivity index (χ2n) is 8.37. The second kappa shape index (κ2) is 8.33. The largest absolute Gasteiger partial charge is 0.383 e. The molecule has 2 heterocycles. The molecule has 0 aliphatic heterocycles. The van der Waals surface area contributed by atoms with E-state index in [0.717, 1.165) is 31.7 Å². The zero-order valence-corrected chi connectivity index (χ0v) is 18.1. The third-order valence-corrected chi connectivity index (χ3v) is 6.40. The Balaban J connectivity index is 1.70. The van der Waals surface area contributed by atoms with Gasteiger partial charge < -0.3 is 16.0 Å². The van der Waals surface area contributed by atoms with Gasteiger partial charge in [0.2, 0.25) is 0 Å². The fourth-order valence-corrected chi connectivity index (χ4v) is 4.79. The summed E-state index contributed by atoms with van der Waals surface area (Å²) in [7, 11) is 0. The van der Waals surface area contributed by atoms with Crippen LogP contribution in [0.5, 0.6) is 0 Å². The Labute approximate surface area is 193 Å². The molecule has 0 radical (unpaired) electrons. The number of nitrogen functional groups attached to an aromatic ring is 1. The lowest BCUT2D eigenvalue weighted by atomic mass is 9.92. The maximum absolute atomic E-state index is 15.1. The summed E-state index contributed by atoms with van der Waals surface area (Å²) >= 11 is 0. The molecule has 0 bridgehead atoms. The molecule has 1 saturated carbocycles. The third-order valence-electron chi connectivity index (χ3n) is 6.40. The zero-order chi connectivity index (χ0) is 24.0. The number of primary amides is 1. The molecule has 0 atom stereocenters. The average Bonchev–Trinajstić information content (AvgIpc) is 3.47. The molecule has 172 valence electrons. The molecule has 0 saturated heterocycles. The molecular weight excluding hydrogens is 440 g/mol. The average molecular weight is 461 g/mol. The van der Waals surface area contributed by atoms with Crippen LogP contribution in [0.4, 0.5) is 14.6 Å². The number of amides is 1. The van der Waals surface area contributed by atoms with Gasteiger partial charge in [0.15, 0.2) is 5.78 Å².